The van der Waals surface area contributed by atoms with Crippen LogP contribution in [0.1, 0.15) is 17.8 Å². The van der Waals surface area contributed by atoms with Crippen molar-refractivity contribution in [3.63, 3.8) is 0 Å². The molecule has 0 saturated heterocycles. The number of nitrogens with one attached hydrogen (secondary N) is 2. The number of benzene rings is 1. The molecule has 1 atom stereocenters. The Balaban J connectivity index is 1.68. The number of aryl methyl sites for hydroxylation is 1. The van der Waals surface area contributed by atoms with Gasteiger partial charge in [0.25, 0.3) is 0 Å². The summed E-state index contributed by atoms with van der Waals surface area (Å²) in [7, 11) is 0. The monoisotopic (exact) mass is 288 g/mol. The number of rotatable bonds is 7. The van der Waals surface area contributed by atoms with Crippen LogP contribution in [0.25, 0.3) is 0 Å². The van der Waals surface area contributed by atoms with E-state index in [9.17, 15) is 9.90 Å². The molecule has 1 heterocycles. The molecule has 1 amide bonds. The summed E-state index contributed by atoms with van der Waals surface area (Å²) in [4.78, 5) is 19.0. The minimum absolute atomic E-state index is 0.164. The van der Waals surface area contributed by atoms with E-state index in [0.717, 1.165) is 24.2 Å². The van der Waals surface area contributed by atoms with Gasteiger partial charge in [-0.3, -0.25) is 4.79 Å². The first kappa shape index (κ1) is 15.1. The van der Waals surface area contributed by atoms with E-state index < -0.39 is 6.04 Å². The second-order valence-electron chi connectivity index (χ2n) is 4.91. The van der Waals surface area contributed by atoms with Crippen LogP contribution in [0.4, 0.5) is 0 Å². The molecule has 0 aliphatic carbocycles. The van der Waals surface area contributed by atoms with E-state index in [1.165, 1.54) is 0 Å². The molecule has 0 fully saturated rings. The van der Waals surface area contributed by atoms with Crippen LogP contribution in [0.5, 0.6) is 5.75 Å². The van der Waals surface area contributed by atoms with Gasteiger partial charge in [-0.05, 0) is 30.5 Å². The fourth-order valence-corrected chi connectivity index (χ4v) is 2.01. The van der Waals surface area contributed by atoms with E-state index in [-0.39, 0.29) is 11.7 Å². The maximum Gasteiger partial charge on any atom is 0.237 e. The number of amides is 1. The molecule has 2 rings (SSSR count). The molecule has 1 unspecified atom stereocenters. The number of imidazole rings is 1. The maximum atomic E-state index is 11.9. The lowest BCUT2D eigenvalue weighted by Gasteiger charge is -2.12. The largest absolute Gasteiger partial charge is 0.508 e. The molecule has 6 heteroatoms. The number of carbonyl (C=O) groups excluding carboxylic acids is 1. The number of nitrogens with zero attached hydrogens (tertiary/aromatic N) is 1. The highest BCUT2D eigenvalue weighted by Crippen LogP contribution is 2.10. The predicted octanol–water partition coefficient (Wildman–Crippen LogP) is 0.734. The number of phenols is 1. The molecule has 0 aliphatic rings. The van der Waals surface area contributed by atoms with E-state index in [1.807, 2.05) is 0 Å². The molecule has 0 saturated carbocycles. The summed E-state index contributed by atoms with van der Waals surface area (Å²) in [5.41, 5.74) is 6.79. The van der Waals surface area contributed by atoms with Crippen LogP contribution in [0, 0.1) is 0 Å². The zero-order valence-corrected chi connectivity index (χ0v) is 11.7. The number of carbonyl (C=O) groups is 1. The molecular weight excluding hydrogens is 268 g/mol. The third kappa shape index (κ3) is 4.92. The van der Waals surface area contributed by atoms with Crippen molar-refractivity contribution < 1.29 is 9.90 Å². The Morgan fingerprint density at radius 3 is 2.81 bits per heavy atom. The van der Waals surface area contributed by atoms with Crippen LogP contribution in [-0.2, 0) is 17.6 Å². The van der Waals surface area contributed by atoms with Gasteiger partial charge in [0.2, 0.25) is 5.91 Å². The van der Waals surface area contributed by atoms with Crippen LogP contribution in [0.3, 0.4) is 0 Å². The second-order valence-corrected chi connectivity index (χ2v) is 4.91. The van der Waals surface area contributed by atoms with Crippen molar-refractivity contribution in [3.05, 3.63) is 48.0 Å². The number of H-pyrrole nitrogens is 1. The molecule has 0 radical (unpaired) electrons. The Hall–Kier alpha value is -2.34. The molecule has 21 heavy (non-hydrogen) atoms. The van der Waals surface area contributed by atoms with Gasteiger partial charge in [0.15, 0.2) is 0 Å². The van der Waals surface area contributed by atoms with Gasteiger partial charge in [0.05, 0.1) is 6.04 Å². The summed E-state index contributed by atoms with van der Waals surface area (Å²) in [6.07, 6.45) is 5.54. The van der Waals surface area contributed by atoms with Crippen LogP contribution in [-0.4, -0.2) is 33.6 Å². The van der Waals surface area contributed by atoms with Crippen molar-refractivity contribution in [1.29, 1.82) is 0 Å². The summed E-state index contributed by atoms with van der Waals surface area (Å²) in [5.74, 6) is 0.954. The van der Waals surface area contributed by atoms with Crippen molar-refractivity contribution in [2.45, 2.75) is 25.3 Å². The van der Waals surface area contributed by atoms with Gasteiger partial charge in [-0.1, -0.05) is 12.1 Å². The summed E-state index contributed by atoms with van der Waals surface area (Å²) in [5, 5.41) is 12.0. The molecule has 1 aromatic heterocycles. The van der Waals surface area contributed by atoms with Crippen molar-refractivity contribution in [3.8, 4) is 5.75 Å². The Labute approximate surface area is 123 Å². The zero-order chi connectivity index (χ0) is 15.1. The molecule has 0 bridgehead atoms. The number of hydrogen-bond acceptors (Lipinski definition) is 4. The molecular formula is C15H20N4O2. The number of aromatic nitrogens is 2. The number of aromatic hydroxyl groups is 1. The number of aromatic amines is 1. The Bertz CT molecular complexity index is 552. The minimum Gasteiger partial charge on any atom is -0.508 e. The predicted molar refractivity (Wildman–Crippen MR) is 79.7 cm³/mol. The maximum absolute atomic E-state index is 11.9. The molecule has 5 N–H and O–H groups in total. The topological polar surface area (TPSA) is 104 Å². The normalized spacial score (nSPS) is 12.0. The molecule has 0 aliphatic heterocycles. The van der Waals surface area contributed by atoms with Crippen molar-refractivity contribution in [2.75, 3.05) is 6.54 Å². The smallest absolute Gasteiger partial charge is 0.237 e. The summed E-state index contributed by atoms with van der Waals surface area (Å²) >= 11 is 0. The van der Waals surface area contributed by atoms with Gasteiger partial charge in [-0.15, -0.1) is 0 Å². The Kier molecular flexibility index (Phi) is 5.34. The van der Waals surface area contributed by atoms with Crippen molar-refractivity contribution >= 4 is 5.91 Å². The van der Waals surface area contributed by atoms with Gasteiger partial charge in [-0.25, -0.2) is 4.98 Å². The lowest BCUT2D eigenvalue weighted by atomic mass is 10.1. The first-order valence-electron chi connectivity index (χ1n) is 6.94. The third-order valence-electron chi connectivity index (χ3n) is 3.17. The van der Waals surface area contributed by atoms with Crippen molar-refractivity contribution in [2.24, 2.45) is 5.73 Å². The lowest BCUT2D eigenvalue weighted by Crippen LogP contribution is -2.42. The lowest BCUT2D eigenvalue weighted by molar-refractivity contribution is -0.122. The molecule has 0 spiro atoms. The van der Waals surface area contributed by atoms with Crippen LogP contribution >= 0.6 is 0 Å². The van der Waals surface area contributed by atoms with Gasteiger partial charge >= 0.3 is 0 Å². The average molecular weight is 288 g/mol. The van der Waals surface area contributed by atoms with E-state index in [4.69, 9.17) is 5.73 Å². The van der Waals surface area contributed by atoms with Gasteiger partial charge in [-0.2, -0.15) is 0 Å². The van der Waals surface area contributed by atoms with E-state index in [2.05, 4.69) is 15.3 Å². The van der Waals surface area contributed by atoms with E-state index in [1.54, 1.807) is 36.7 Å². The number of hydrogen-bond donors (Lipinski definition) is 4. The van der Waals surface area contributed by atoms with Crippen LogP contribution in [0.15, 0.2) is 36.7 Å². The molecule has 1 aromatic carbocycles. The minimum atomic E-state index is -0.585. The van der Waals surface area contributed by atoms with Gasteiger partial charge in [0, 0.05) is 25.4 Å². The molecule has 6 nitrogen and oxygen atoms in total. The molecule has 2 aromatic rings. The van der Waals surface area contributed by atoms with Gasteiger partial charge in [0.1, 0.15) is 11.6 Å². The quantitative estimate of drug-likeness (QED) is 0.564. The Morgan fingerprint density at radius 1 is 1.38 bits per heavy atom. The highest BCUT2D eigenvalue weighted by atomic mass is 16.3. The second kappa shape index (κ2) is 7.44. The summed E-state index contributed by atoms with van der Waals surface area (Å²) in [6, 6.07) is 6.11. The van der Waals surface area contributed by atoms with E-state index >= 15 is 0 Å². The van der Waals surface area contributed by atoms with Crippen LogP contribution in [0.2, 0.25) is 0 Å². The summed E-state index contributed by atoms with van der Waals surface area (Å²) in [6.45, 7) is 0.572. The standard InChI is InChI=1S/C15H20N4O2/c16-13(10-11-3-5-12(20)6-4-11)15(21)19-7-1-2-14-17-8-9-18-14/h3-6,8-9,13,20H,1-2,7,10,16H2,(H,17,18)(H,19,21). The Morgan fingerprint density at radius 2 is 2.14 bits per heavy atom. The highest BCUT2D eigenvalue weighted by Gasteiger charge is 2.13. The number of nitrogens with two attached hydrogens (primary N) is 1. The molecule has 112 valence electrons. The SMILES string of the molecule is NC(Cc1ccc(O)cc1)C(=O)NCCCc1ncc[nH]1. The third-order valence-corrected chi connectivity index (χ3v) is 3.17. The first-order chi connectivity index (χ1) is 10.1. The van der Waals surface area contributed by atoms with Crippen LogP contribution < -0.4 is 11.1 Å². The number of phenolic OH excluding ortho intramolecular Hbond substituents is 1. The fraction of sp³-hybridized carbons (Fsp3) is 0.333. The summed E-state index contributed by atoms with van der Waals surface area (Å²) < 4.78 is 0. The zero-order valence-electron chi connectivity index (χ0n) is 11.7. The van der Waals surface area contributed by atoms with Gasteiger partial charge < -0.3 is 21.1 Å². The van der Waals surface area contributed by atoms with Crippen molar-refractivity contribution in [1.82, 2.24) is 15.3 Å². The first-order valence-corrected chi connectivity index (χ1v) is 6.94. The highest BCUT2D eigenvalue weighted by molar-refractivity contribution is 5.81. The fourth-order valence-electron chi connectivity index (χ4n) is 2.01. The average Bonchev–Trinajstić information content (AvgIpc) is 2.99. The van der Waals surface area contributed by atoms with E-state index in [0.29, 0.717) is 13.0 Å².